The number of methoxy groups -OCH3 is 1. The summed E-state index contributed by atoms with van der Waals surface area (Å²) in [5.74, 6) is 1.68. The largest absolute Gasteiger partial charge is 0.385 e. The Hall–Kier alpha value is 0.210. The van der Waals surface area contributed by atoms with Crippen LogP contribution in [-0.2, 0) is 4.74 Å². The van der Waals surface area contributed by atoms with Crippen molar-refractivity contribution < 1.29 is 4.74 Å². The number of nitrogens with zero attached hydrogens (tertiary/aromatic N) is 1. The minimum absolute atomic E-state index is 0.822. The lowest BCUT2D eigenvalue weighted by Crippen LogP contribution is -2.22. The van der Waals surface area contributed by atoms with E-state index in [1.54, 1.807) is 7.11 Å². The molecule has 0 bridgehead atoms. The summed E-state index contributed by atoms with van der Waals surface area (Å²) in [6.45, 7) is 4.68. The molecule has 0 spiro atoms. The van der Waals surface area contributed by atoms with E-state index in [1.165, 1.54) is 45.3 Å². The molecule has 0 aromatic heterocycles. The zero-order chi connectivity index (χ0) is 10.2. The monoisotopic (exact) mass is 219 g/mol. The number of halogens is 1. The first-order chi connectivity index (χ1) is 6.86. The SMILES string of the molecule is COCCCCN1CCC(CCCl)C1. The lowest BCUT2D eigenvalue weighted by Gasteiger charge is -2.15. The first-order valence-electron chi connectivity index (χ1n) is 5.64. The van der Waals surface area contributed by atoms with Crippen LogP contribution < -0.4 is 0 Å². The van der Waals surface area contributed by atoms with Crippen molar-refractivity contribution in [3.63, 3.8) is 0 Å². The number of ether oxygens (including phenoxy) is 1. The van der Waals surface area contributed by atoms with Crippen LogP contribution in [0, 0.1) is 5.92 Å². The van der Waals surface area contributed by atoms with Gasteiger partial charge >= 0.3 is 0 Å². The minimum Gasteiger partial charge on any atom is -0.385 e. The fourth-order valence-electron chi connectivity index (χ4n) is 2.09. The second-order valence-electron chi connectivity index (χ2n) is 4.13. The van der Waals surface area contributed by atoms with Crippen LogP contribution in [0.1, 0.15) is 25.7 Å². The Kier molecular flexibility index (Phi) is 6.57. The summed E-state index contributed by atoms with van der Waals surface area (Å²) < 4.78 is 5.03. The van der Waals surface area contributed by atoms with E-state index in [4.69, 9.17) is 16.3 Å². The van der Waals surface area contributed by atoms with Gasteiger partial charge in [0.15, 0.2) is 0 Å². The van der Waals surface area contributed by atoms with Crippen molar-refractivity contribution in [1.29, 1.82) is 0 Å². The van der Waals surface area contributed by atoms with Gasteiger partial charge < -0.3 is 9.64 Å². The molecule has 84 valence electrons. The highest BCUT2D eigenvalue weighted by Crippen LogP contribution is 2.20. The summed E-state index contributed by atoms with van der Waals surface area (Å²) in [5.41, 5.74) is 0. The maximum Gasteiger partial charge on any atom is 0.0462 e. The summed E-state index contributed by atoms with van der Waals surface area (Å²) in [4.78, 5) is 2.56. The van der Waals surface area contributed by atoms with Crippen molar-refractivity contribution in [2.45, 2.75) is 25.7 Å². The zero-order valence-electron chi connectivity index (χ0n) is 9.17. The minimum atomic E-state index is 0.822. The third kappa shape index (κ3) is 4.63. The maximum absolute atomic E-state index is 5.74. The first-order valence-corrected chi connectivity index (χ1v) is 6.17. The van der Waals surface area contributed by atoms with Crippen LogP contribution in [0.4, 0.5) is 0 Å². The normalized spacial score (nSPS) is 23.1. The van der Waals surface area contributed by atoms with Gasteiger partial charge in [-0.25, -0.2) is 0 Å². The fourth-order valence-corrected chi connectivity index (χ4v) is 2.40. The van der Waals surface area contributed by atoms with Crippen LogP contribution >= 0.6 is 11.6 Å². The van der Waals surface area contributed by atoms with Gasteiger partial charge in [-0.3, -0.25) is 0 Å². The van der Waals surface area contributed by atoms with Gasteiger partial charge in [0, 0.05) is 26.1 Å². The molecule has 3 heteroatoms. The molecule has 2 nitrogen and oxygen atoms in total. The molecule has 1 heterocycles. The third-order valence-corrected chi connectivity index (χ3v) is 3.18. The molecule has 1 saturated heterocycles. The topological polar surface area (TPSA) is 12.5 Å². The van der Waals surface area contributed by atoms with Crippen LogP contribution in [0.3, 0.4) is 0 Å². The van der Waals surface area contributed by atoms with E-state index < -0.39 is 0 Å². The lowest BCUT2D eigenvalue weighted by atomic mass is 10.1. The van der Waals surface area contributed by atoms with Crippen molar-refractivity contribution in [2.75, 3.05) is 39.2 Å². The molecule has 1 atom stereocenters. The Morgan fingerprint density at radius 2 is 2.29 bits per heavy atom. The summed E-state index contributed by atoms with van der Waals surface area (Å²) in [6.07, 6.45) is 4.99. The van der Waals surface area contributed by atoms with Gasteiger partial charge in [-0.15, -0.1) is 11.6 Å². The van der Waals surface area contributed by atoms with Gasteiger partial charge in [0.1, 0.15) is 0 Å². The van der Waals surface area contributed by atoms with Crippen LogP contribution in [0.25, 0.3) is 0 Å². The van der Waals surface area contributed by atoms with Crippen LogP contribution in [-0.4, -0.2) is 44.1 Å². The van der Waals surface area contributed by atoms with Crippen LogP contribution in [0.15, 0.2) is 0 Å². The summed E-state index contributed by atoms with van der Waals surface area (Å²) in [7, 11) is 1.77. The Morgan fingerprint density at radius 3 is 3.00 bits per heavy atom. The number of alkyl halides is 1. The van der Waals surface area contributed by atoms with E-state index in [0.29, 0.717) is 0 Å². The molecule has 1 aliphatic heterocycles. The van der Waals surface area contributed by atoms with Crippen molar-refractivity contribution in [2.24, 2.45) is 5.92 Å². The molecule has 0 amide bonds. The number of unbranched alkanes of at least 4 members (excludes halogenated alkanes) is 1. The van der Waals surface area contributed by atoms with E-state index in [0.717, 1.165) is 18.4 Å². The lowest BCUT2D eigenvalue weighted by molar-refractivity contribution is 0.186. The molecule has 0 radical (unpaired) electrons. The van der Waals surface area contributed by atoms with Gasteiger partial charge in [-0.1, -0.05) is 0 Å². The van der Waals surface area contributed by atoms with Gasteiger partial charge in [-0.2, -0.15) is 0 Å². The van der Waals surface area contributed by atoms with Crippen molar-refractivity contribution in [3.05, 3.63) is 0 Å². The molecule has 0 N–H and O–H groups in total. The Labute approximate surface area is 92.6 Å². The predicted octanol–water partition coefficient (Wildman–Crippen LogP) is 2.36. The third-order valence-electron chi connectivity index (χ3n) is 2.96. The molecular formula is C11H22ClNO. The molecule has 1 rings (SSSR count). The summed E-state index contributed by atoms with van der Waals surface area (Å²) in [5, 5.41) is 0. The number of rotatable bonds is 7. The van der Waals surface area contributed by atoms with E-state index in [9.17, 15) is 0 Å². The van der Waals surface area contributed by atoms with Gasteiger partial charge in [0.2, 0.25) is 0 Å². The van der Waals surface area contributed by atoms with E-state index in [2.05, 4.69) is 4.90 Å². The number of hydrogen-bond acceptors (Lipinski definition) is 2. The number of likely N-dealkylation sites (tertiary alicyclic amines) is 1. The molecule has 14 heavy (non-hydrogen) atoms. The molecule has 0 aromatic carbocycles. The highest BCUT2D eigenvalue weighted by atomic mass is 35.5. The molecular weight excluding hydrogens is 198 g/mol. The van der Waals surface area contributed by atoms with Gasteiger partial charge in [0.05, 0.1) is 0 Å². The molecule has 1 fully saturated rings. The molecule has 1 unspecified atom stereocenters. The fraction of sp³-hybridized carbons (Fsp3) is 1.00. The average Bonchev–Trinajstić information content (AvgIpc) is 2.61. The molecule has 0 aromatic rings. The Bertz CT molecular complexity index is 143. The number of hydrogen-bond donors (Lipinski definition) is 0. The average molecular weight is 220 g/mol. The second kappa shape index (κ2) is 7.49. The molecule has 1 aliphatic rings. The molecule has 0 aliphatic carbocycles. The van der Waals surface area contributed by atoms with E-state index in [-0.39, 0.29) is 0 Å². The summed E-state index contributed by atoms with van der Waals surface area (Å²) in [6, 6.07) is 0. The van der Waals surface area contributed by atoms with Crippen molar-refractivity contribution >= 4 is 11.6 Å². The van der Waals surface area contributed by atoms with Gasteiger partial charge in [-0.05, 0) is 44.7 Å². The first kappa shape index (κ1) is 12.3. The molecule has 0 saturated carbocycles. The highest BCUT2D eigenvalue weighted by Gasteiger charge is 2.20. The van der Waals surface area contributed by atoms with Crippen molar-refractivity contribution in [1.82, 2.24) is 4.90 Å². The maximum atomic E-state index is 5.74. The predicted molar refractivity (Wildman–Crippen MR) is 61.0 cm³/mol. The standard InChI is InChI=1S/C11H22ClNO/c1-14-9-3-2-7-13-8-5-11(10-13)4-6-12/h11H,2-10H2,1H3. The second-order valence-corrected chi connectivity index (χ2v) is 4.51. The van der Waals surface area contributed by atoms with E-state index in [1.807, 2.05) is 0 Å². The quantitative estimate of drug-likeness (QED) is 0.482. The Balaban J connectivity index is 1.98. The smallest absolute Gasteiger partial charge is 0.0462 e. The highest BCUT2D eigenvalue weighted by molar-refractivity contribution is 6.17. The van der Waals surface area contributed by atoms with Crippen LogP contribution in [0.2, 0.25) is 0 Å². The van der Waals surface area contributed by atoms with Gasteiger partial charge in [0.25, 0.3) is 0 Å². The zero-order valence-corrected chi connectivity index (χ0v) is 9.93. The van der Waals surface area contributed by atoms with Crippen molar-refractivity contribution in [3.8, 4) is 0 Å². The Morgan fingerprint density at radius 1 is 1.43 bits per heavy atom. The van der Waals surface area contributed by atoms with Crippen LogP contribution in [0.5, 0.6) is 0 Å². The van der Waals surface area contributed by atoms with E-state index >= 15 is 0 Å². The summed E-state index contributed by atoms with van der Waals surface area (Å²) >= 11 is 5.74.